The van der Waals surface area contributed by atoms with Crippen molar-refractivity contribution in [1.82, 2.24) is 10.2 Å². The lowest BCUT2D eigenvalue weighted by atomic mass is 10.2. The lowest BCUT2D eigenvalue weighted by Gasteiger charge is -2.27. The van der Waals surface area contributed by atoms with Crippen molar-refractivity contribution < 1.29 is 4.79 Å². The number of amides is 1. The molecule has 0 aliphatic carbocycles. The summed E-state index contributed by atoms with van der Waals surface area (Å²) in [6, 6.07) is 5.30. The van der Waals surface area contributed by atoms with Crippen molar-refractivity contribution in [2.75, 3.05) is 26.2 Å². The summed E-state index contributed by atoms with van der Waals surface area (Å²) in [5.74, 6) is -0.195. The fourth-order valence-corrected chi connectivity index (χ4v) is 3.41. The van der Waals surface area contributed by atoms with E-state index < -0.39 is 0 Å². The van der Waals surface area contributed by atoms with Gasteiger partial charge in [-0.3, -0.25) is 4.79 Å². The van der Waals surface area contributed by atoms with Crippen molar-refractivity contribution >= 4 is 52.1 Å². The van der Waals surface area contributed by atoms with Crippen molar-refractivity contribution in [3.8, 4) is 0 Å². The fraction of sp³-hybridized carbons (Fsp3) is 0.286. The monoisotopic (exact) mass is 341 g/mol. The summed E-state index contributed by atoms with van der Waals surface area (Å²) in [4.78, 5) is 18.9. The van der Waals surface area contributed by atoms with Gasteiger partial charge in [-0.05, 0) is 35.5 Å². The van der Waals surface area contributed by atoms with Gasteiger partial charge in [0, 0.05) is 26.2 Å². The number of piperazine rings is 1. The molecule has 0 saturated carbocycles. The average Bonchev–Trinajstić information content (AvgIpc) is 2.85. The topological polar surface area (TPSA) is 44.7 Å². The maximum atomic E-state index is 12.0. The van der Waals surface area contributed by atoms with E-state index in [-0.39, 0.29) is 5.91 Å². The smallest absolute Gasteiger partial charge is 0.286 e. The summed E-state index contributed by atoms with van der Waals surface area (Å²) in [7, 11) is 0. The number of hydrogen-bond donors (Lipinski definition) is 1. The van der Waals surface area contributed by atoms with Crippen LogP contribution in [-0.4, -0.2) is 42.2 Å². The molecule has 1 fully saturated rings. The molecule has 2 aliphatic heterocycles. The second-order valence-electron chi connectivity index (χ2n) is 4.72. The number of nitrogens with zero attached hydrogens (tertiary/aromatic N) is 2. The van der Waals surface area contributed by atoms with Gasteiger partial charge in [-0.25, -0.2) is 0 Å². The Labute approximate surface area is 137 Å². The van der Waals surface area contributed by atoms with Crippen LogP contribution < -0.4 is 5.32 Å². The predicted molar refractivity (Wildman–Crippen MR) is 88.9 cm³/mol. The van der Waals surface area contributed by atoms with Crippen LogP contribution in [0.15, 0.2) is 28.1 Å². The molecule has 1 aromatic carbocycles. The highest BCUT2D eigenvalue weighted by Crippen LogP contribution is 2.31. The van der Waals surface area contributed by atoms with Crippen LogP contribution in [0.3, 0.4) is 0 Å². The second kappa shape index (κ2) is 6.40. The number of hydrogen-bond acceptors (Lipinski definition) is 4. The van der Waals surface area contributed by atoms with Gasteiger partial charge in [0.05, 0.1) is 15.0 Å². The lowest BCUT2D eigenvalue weighted by molar-refractivity contribution is -0.113. The Kier molecular flexibility index (Phi) is 4.54. The number of rotatable bonds is 1. The normalized spacial score (nSPS) is 21.0. The van der Waals surface area contributed by atoms with Crippen molar-refractivity contribution in [3.05, 3.63) is 38.7 Å². The third-order valence-electron chi connectivity index (χ3n) is 3.24. The number of amidine groups is 1. The minimum Gasteiger partial charge on any atom is -0.348 e. The molecule has 1 saturated heterocycles. The second-order valence-corrected chi connectivity index (χ2v) is 6.54. The zero-order chi connectivity index (χ0) is 14.8. The molecule has 3 rings (SSSR count). The molecule has 0 spiro atoms. The van der Waals surface area contributed by atoms with E-state index in [1.54, 1.807) is 18.2 Å². The van der Waals surface area contributed by atoms with E-state index in [1.807, 2.05) is 6.07 Å². The third-order valence-corrected chi connectivity index (χ3v) is 5.02. The fourth-order valence-electron chi connectivity index (χ4n) is 2.14. The maximum Gasteiger partial charge on any atom is 0.286 e. The quantitative estimate of drug-likeness (QED) is 0.797. The van der Waals surface area contributed by atoms with Gasteiger partial charge in [0.25, 0.3) is 5.91 Å². The van der Waals surface area contributed by atoms with E-state index in [9.17, 15) is 4.79 Å². The number of benzene rings is 1. The van der Waals surface area contributed by atoms with Crippen LogP contribution in [0.2, 0.25) is 10.0 Å². The Hall–Kier alpha value is -1.01. The molecule has 0 bridgehead atoms. The first-order valence-corrected chi connectivity index (χ1v) is 8.14. The molecular formula is C14H13Cl2N3OS. The summed E-state index contributed by atoms with van der Waals surface area (Å²) in [6.45, 7) is 3.58. The Balaban J connectivity index is 1.77. The maximum absolute atomic E-state index is 12.0. The van der Waals surface area contributed by atoms with Gasteiger partial charge in [-0.15, -0.1) is 0 Å². The number of thioether (sulfide) groups is 1. The minimum absolute atomic E-state index is 0.195. The Morgan fingerprint density at radius 2 is 2.00 bits per heavy atom. The summed E-state index contributed by atoms with van der Waals surface area (Å²) < 4.78 is 0. The molecule has 1 amide bonds. The number of carbonyl (C=O) groups is 1. The highest BCUT2D eigenvalue weighted by Gasteiger charge is 2.26. The highest BCUT2D eigenvalue weighted by molar-refractivity contribution is 8.18. The third kappa shape index (κ3) is 3.43. The molecule has 0 atom stereocenters. The summed E-state index contributed by atoms with van der Waals surface area (Å²) in [5, 5.41) is 5.04. The molecule has 1 aromatic rings. The van der Waals surface area contributed by atoms with E-state index >= 15 is 0 Å². The van der Waals surface area contributed by atoms with Crippen molar-refractivity contribution in [3.63, 3.8) is 0 Å². The Morgan fingerprint density at radius 1 is 1.24 bits per heavy atom. The van der Waals surface area contributed by atoms with Crippen LogP contribution in [0.25, 0.3) is 6.08 Å². The largest absolute Gasteiger partial charge is 0.348 e. The molecule has 1 N–H and O–H groups in total. The summed E-state index contributed by atoms with van der Waals surface area (Å²) in [6.07, 6.45) is 1.80. The van der Waals surface area contributed by atoms with Gasteiger partial charge < -0.3 is 10.2 Å². The molecular weight excluding hydrogens is 329 g/mol. The van der Waals surface area contributed by atoms with Gasteiger partial charge in [0.15, 0.2) is 5.17 Å². The van der Waals surface area contributed by atoms with E-state index in [0.717, 1.165) is 36.9 Å². The van der Waals surface area contributed by atoms with Crippen LogP contribution in [0, 0.1) is 0 Å². The van der Waals surface area contributed by atoms with Crippen molar-refractivity contribution in [2.45, 2.75) is 0 Å². The molecule has 0 radical (unpaired) electrons. The predicted octanol–water partition coefficient (Wildman–Crippen LogP) is 2.87. The van der Waals surface area contributed by atoms with E-state index in [4.69, 9.17) is 23.2 Å². The van der Waals surface area contributed by atoms with Crippen molar-refractivity contribution in [2.24, 2.45) is 4.99 Å². The molecule has 4 nitrogen and oxygen atoms in total. The summed E-state index contributed by atoms with van der Waals surface area (Å²) in [5.41, 5.74) is 0.844. The number of halogens is 2. The molecule has 21 heavy (non-hydrogen) atoms. The standard InChI is InChI=1S/C14H13Cl2N3OS/c15-10-2-1-9(7-11(10)16)8-12-13(20)18-14(21-12)19-5-3-17-4-6-19/h1-2,7-8,17H,3-6H2/b12-8-. The molecule has 2 heterocycles. The molecule has 0 unspecified atom stereocenters. The van der Waals surface area contributed by atoms with Gasteiger partial charge in [-0.2, -0.15) is 4.99 Å². The van der Waals surface area contributed by atoms with Gasteiger partial charge in [-0.1, -0.05) is 29.3 Å². The Bertz CT molecular complexity index is 639. The van der Waals surface area contributed by atoms with Gasteiger partial charge >= 0.3 is 0 Å². The zero-order valence-electron chi connectivity index (χ0n) is 11.1. The van der Waals surface area contributed by atoms with E-state index in [1.165, 1.54) is 11.8 Å². The first-order chi connectivity index (χ1) is 10.1. The first-order valence-electron chi connectivity index (χ1n) is 6.57. The van der Waals surface area contributed by atoms with Crippen molar-refractivity contribution in [1.29, 1.82) is 0 Å². The van der Waals surface area contributed by atoms with Crippen LogP contribution >= 0.6 is 35.0 Å². The van der Waals surface area contributed by atoms with Crippen LogP contribution in [-0.2, 0) is 4.79 Å². The Morgan fingerprint density at radius 3 is 2.71 bits per heavy atom. The summed E-state index contributed by atoms with van der Waals surface area (Å²) >= 11 is 13.3. The minimum atomic E-state index is -0.195. The van der Waals surface area contributed by atoms with Crippen LogP contribution in [0.5, 0.6) is 0 Å². The number of nitrogens with one attached hydrogen (secondary N) is 1. The van der Waals surface area contributed by atoms with Gasteiger partial charge in [0.1, 0.15) is 0 Å². The zero-order valence-corrected chi connectivity index (χ0v) is 13.4. The van der Waals surface area contributed by atoms with Gasteiger partial charge in [0.2, 0.25) is 0 Å². The molecule has 0 aromatic heterocycles. The SMILES string of the molecule is O=C1N=C(N2CCNCC2)S/C1=C\c1ccc(Cl)c(Cl)c1. The van der Waals surface area contributed by atoms with Crippen LogP contribution in [0.1, 0.15) is 5.56 Å². The lowest BCUT2D eigenvalue weighted by Crippen LogP contribution is -2.45. The van der Waals surface area contributed by atoms with E-state index in [0.29, 0.717) is 15.0 Å². The number of aliphatic imine (C=N–C) groups is 1. The molecule has 7 heteroatoms. The average molecular weight is 342 g/mol. The highest BCUT2D eigenvalue weighted by atomic mass is 35.5. The molecule has 110 valence electrons. The first kappa shape index (κ1) is 14.9. The number of carbonyl (C=O) groups excluding carboxylic acids is 1. The molecule has 2 aliphatic rings. The van der Waals surface area contributed by atoms with Crippen LogP contribution in [0.4, 0.5) is 0 Å². The van der Waals surface area contributed by atoms with E-state index in [2.05, 4.69) is 15.2 Å².